The molecule has 1 aliphatic heterocycles. The molecule has 1 saturated heterocycles. The van der Waals surface area contributed by atoms with E-state index in [9.17, 15) is 0 Å². The van der Waals surface area contributed by atoms with Crippen molar-refractivity contribution in [3.63, 3.8) is 0 Å². The molecule has 1 atom stereocenters. The van der Waals surface area contributed by atoms with Gasteiger partial charge in [0.2, 0.25) is 0 Å². The number of allylic oxidation sites excluding steroid dienone is 2. The van der Waals surface area contributed by atoms with Crippen molar-refractivity contribution in [2.75, 3.05) is 13.1 Å². The normalized spacial score (nSPS) is 23.5. The van der Waals surface area contributed by atoms with Crippen LogP contribution in [0.3, 0.4) is 0 Å². The average Bonchev–Trinajstić information content (AvgIpc) is 2.65. The number of hydrogen-bond donors (Lipinski definition) is 1. The van der Waals surface area contributed by atoms with Crippen LogP contribution in [0.4, 0.5) is 0 Å². The van der Waals surface area contributed by atoms with Gasteiger partial charge in [0, 0.05) is 0 Å². The molecule has 1 aliphatic rings. The van der Waals surface area contributed by atoms with E-state index in [0.29, 0.717) is 5.41 Å². The summed E-state index contributed by atoms with van der Waals surface area (Å²) in [5, 5.41) is 3.45. The van der Waals surface area contributed by atoms with Crippen LogP contribution in [-0.4, -0.2) is 13.1 Å². The Bertz CT molecular complexity index is 176. The van der Waals surface area contributed by atoms with Gasteiger partial charge in [0.05, 0.1) is 0 Å². The lowest BCUT2D eigenvalue weighted by atomic mass is 9.78. The molecule has 0 radical (unpaired) electrons. The van der Waals surface area contributed by atoms with Crippen LogP contribution in [0, 0.1) is 11.3 Å². The van der Waals surface area contributed by atoms with E-state index in [0.717, 1.165) is 5.92 Å². The van der Waals surface area contributed by atoms with Gasteiger partial charge in [-0.1, -0.05) is 45.8 Å². The van der Waals surface area contributed by atoms with E-state index in [4.69, 9.17) is 0 Å². The highest BCUT2D eigenvalue weighted by Crippen LogP contribution is 2.32. The molecule has 14 heavy (non-hydrogen) atoms. The molecule has 0 saturated carbocycles. The Balaban J connectivity index is 2.35. The topological polar surface area (TPSA) is 12.0 Å². The first-order valence-electron chi connectivity index (χ1n) is 6.05. The number of hydrogen-bond acceptors (Lipinski definition) is 1. The van der Waals surface area contributed by atoms with E-state index >= 15 is 0 Å². The zero-order valence-electron chi connectivity index (χ0n) is 9.97. The molecule has 1 N–H and O–H groups in total. The van der Waals surface area contributed by atoms with E-state index in [1.807, 2.05) is 0 Å². The fourth-order valence-corrected chi connectivity index (χ4v) is 2.13. The van der Waals surface area contributed by atoms with Crippen molar-refractivity contribution in [1.29, 1.82) is 0 Å². The highest BCUT2D eigenvalue weighted by atomic mass is 14.9. The van der Waals surface area contributed by atoms with Gasteiger partial charge >= 0.3 is 0 Å². The number of unbranched alkanes of at least 4 members (excludes halogenated alkanes) is 2. The summed E-state index contributed by atoms with van der Waals surface area (Å²) in [7, 11) is 0. The van der Waals surface area contributed by atoms with Crippen molar-refractivity contribution < 1.29 is 0 Å². The highest BCUT2D eigenvalue weighted by molar-refractivity contribution is 5.00. The molecule has 82 valence electrons. The highest BCUT2D eigenvalue weighted by Gasteiger charge is 2.28. The van der Waals surface area contributed by atoms with Gasteiger partial charge in [-0.3, -0.25) is 0 Å². The second kappa shape index (κ2) is 5.55. The van der Waals surface area contributed by atoms with Gasteiger partial charge in [0.1, 0.15) is 0 Å². The third-order valence-electron chi connectivity index (χ3n) is 3.38. The Kier molecular flexibility index (Phi) is 4.67. The second-order valence-corrected chi connectivity index (χ2v) is 5.06. The Morgan fingerprint density at radius 3 is 2.79 bits per heavy atom. The molecule has 1 rings (SSSR count). The standard InChI is InChI=1S/C13H25N/c1-4-5-6-7-9-13(2,3)12-8-10-14-11-12/h7,9,12,14H,4-6,8,10-11H2,1-3H3/b9-7+. The largest absolute Gasteiger partial charge is 0.316 e. The molecule has 0 aliphatic carbocycles. The third-order valence-corrected chi connectivity index (χ3v) is 3.38. The fraction of sp³-hybridized carbons (Fsp3) is 0.846. The Morgan fingerprint density at radius 2 is 2.21 bits per heavy atom. The van der Waals surface area contributed by atoms with Crippen molar-refractivity contribution in [3.05, 3.63) is 12.2 Å². The summed E-state index contributed by atoms with van der Waals surface area (Å²) in [6.07, 6.45) is 10.0. The minimum atomic E-state index is 0.386. The van der Waals surface area contributed by atoms with Crippen molar-refractivity contribution in [3.8, 4) is 0 Å². The Morgan fingerprint density at radius 1 is 1.43 bits per heavy atom. The Labute approximate surface area is 89.0 Å². The van der Waals surface area contributed by atoms with Crippen LogP contribution in [0.2, 0.25) is 0 Å². The zero-order chi connectivity index (χ0) is 10.4. The monoisotopic (exact) mass is 195 g/mol. The lowest BCUT2D eigenvalue weighted by Gasteiger charge is -2.27. The molecule has 1 nitrogen and oxygen atoms in total. The molecular weight excluding hydrogens is 170 g/mol. The molecule has 1 unspecified atom stereocenters. The summed E-state index contributed by atoms with van der Waals surface area (Å²) in [5.74, 6) is 0.834. The molecule has 0 spiro atoms. The van der Waals surface area contributed by atoms with Gasteiger partial charge in [-0.05, 0) is 37.3 Å². The van der Waals surface area contributed by atoms with E-state index in [1.165, 1.54) is 38.8 Å². The molecule has 1 fully saturated rings. The number of rotatable bonds is 5. The predicted molar refractivity (Wildman–Crippen MR) is 63.4 cm³/mol. The zero-order valence-corrected chi connectivity index (χ0v) is 9.97. The molecule has 0 amide bonds. The van der Waals surface area contributed by atoms with Crippen molar-refractivity contribution in [1.82, 2.24) is 5.32 Å². The van der Waals surface area contributed by atoms with Crippen LogP contribution >= 0.6 is 0 Å². The minimum Gasteiger partial charge on any atom is -0.316 e. The lowest BCUT2D eigenvalue weighted by Crippen LogP contribution is -2.23. The number of nitrogens with one attached hydrogen (secondary N) is 1. The molecular formula is C13H25N. The summed E-state index contributed by atoms with van der Waals surface area (Å²) in [4.78, 5) is 0. The second-order valence-electron chi connectivity index (χ2n) is 5.06. The van der Waals surface area contributed by atoms with Crippen LogP contribution in [-0.2, 0) is 0 Å². The van der Waals surface area contributed by atoms with Crippen molar-refractivity contribution in [2.45, 2.75) is 46.5 Å². The van der Waals surface area contributed by atoms with Crippen LogP contribution in [0.15, 0.2) is 12.2 Å². The molecule has 0 bridgehead atoms. The van der Waals surface area contributed by atoms with Crippen molar-refractivity contribution in [2.24, 2.45) is 11.3 Å². The van der Waals surface area contributed by atoms with Crippen LogP contribution in [0.25, 0.3) is 0 Å². The maximum atomic E-state index is 3.45. The van der Waals surface area contributed by atoms with E-state index < -0.39 is 0 Å². The lowest BCUT2D eigenvalue weighted by molar-refractivity contribution is 0.306. The van der Waals surface area contributed by atoms with Crippen LogP contribution < -0.4 is 5.32 Å². The van der Waals surface area contributed by atoms with Gasteiger partial charge in [0.15, 0.2) is 0 Å². The molecule has 0 aromatic rings. The molecule has 1 heteroatoms. The van der Waals surface area contributed by atoms with Gasteiger partial charge in [-0.25, -0.2) is 0 Å². The first-order valence-corrected chi connectivity index (χ1v) is 6.05. The Hall–Kier alpha value is -0.300. The van der Waals surface area contributed by atoms with Gasteiger partial charge in [-0.15, -0.1) is 0 Å². The summed E-state index contributed by atoms with van der Waals surface area (Å²) >= 11 is 0. The molecule has 1 heterocycles. The van der Waals surface area contributed by atoms with Gasteiger partial charge in [-0.2, -0.15) is 0 Å². The SMILES string of the molecule is CCCC/C=C/C(C)(C)C1CCNC1. The molecule has 0 aromatic heterocycles. The van der Waals surface area contributed by atoms with E-state index in [-0.39, 0.29) is 0 Å². The van der Waals surface area contributed by atoms with Gasteiger partial charge in [0.25, 0.3) is 0 Å². The van der Waals surface area contributed by atoms with Crippen molar-refractivity contribution >= 4 is 0 Å². The fourth-order valence-electron chi connectivity index (χ4n) is 2.13. The summed E-state index contributed by atoms with van der Waals surface area (Å²) < 4.78 is 0. The predicted octanol–water partition coefficient (Wildman–Crippen LogP) is 3.37. The molecule has 0 aromatic carbocycles. The smallest absolute Gasteiger partial charge is 0.00119 e. The van der Waals surface area contributed by atoms with Crippen LogP contribution in [0.1, 0.15) is 46.5 Å². The quantitative estimate of drug-likeness (QED) is 0.524. The maximum absolute atomic E-state index is 3.45. The first kappa shape index (κ1) is 11.8. The first-order chi connectivity index (χ1) is 6.67. The third kappa shape index (κ3) is 3.45. The summed E-state index contributed by atoms with van der Waals surface area (Å²) in [5.41, 5.74) is 0.386. The van der Waals surface area contributed by atoms with Gasteiger partial charge < -0.3 is 5.32 Å². The maximum Gasteiger partial charge on any atom is -0.00119 e. The minimum absolute atomic E-state index is 0.386. The summed E-state index contributed by atoms with van der Waals surface area (Å²) in [6, 6.07) is 0. The van der Waals surface area contributed by atoms with E-state index in [1.54, 1.807) is 0 Å². The van der Waals surface area contributed by atoms with E-state index in [2.05, 4.69) is 38.2 Å². The average molecular weight is 195 g/mol. The summed E-state index contributed by atoms with van der Waals surface area (Å²) in [6.45, 7) is 9.39. The van der Waals surface area contributed by atoms with Crippen LogP contribution in [0.5, 0.6) is 0 Å².